The van der Waals surface area contributed by atoms with Crippen LogP contribution in [0.5, 0.6) is 17.2 Å². The number of methoxy groups -OCH3 is 3. The Balaban J connectivity index is 1.73. The van der Waals surface area contributed by atoms with Gasteiger partial charge in [-0.1, -0.05) is 42.5 Å². The number of nitrogens with one attached hydrogen (secondary N) is 1. The lowest BCUT2D eigenvalue weighted by Crippen LogP contribution is -2.27. The third-order valence-electron chi connectivity index (χ3n) is 5.26. The maximum Gasteiger partial charge on any atom is 0.221 e. The lowest BCUT2D eigenvalue weighted by atomic mass is 9.93. The fraction of sp³-hybridized carbons (Fsp3) is 0.292. The van der Waals surface area contributed by atoms with E-state index in [1.54, 1.807) is 12.1 Å². The zero-order chi connectivity index (χ0) is 23.1. The average molecular weight is 438 g/mol. The molecule has 0 saturated heterocycles. The van der Waals surface area contributed by atoms with Crippen molar-refractivity contribution in [1.29, 1.82) is 0 Å². The van der Waals surface area contributed by atoms with E-state index >= 15 is 0 Å². The van der Waals surface area contributed by atoms with Crippen molar-refractivity contribution in [2.24, 2.45) is 0 Å². The molecule has 1 N–H and O–H groups in total. The molecule has 0 aliphatic carbocycles. The molecule has 1 amide bonds. The number of fused-ring (bicyclic) bond motifs is 1. The van der Waals surface area contributed by atoms with Gasteiger partial charge in [-0.3, -0.25) is 14.9 Å². The predicted molar refractivity (Wildman–Crippen MR) is 121 cm³/mol. The summed E-state index contributed by atoms with van der Waals surface area (Å²) in [4.78, 5) is 23.5. The predicted octanol–water partition coefficient (Wildman–Crippen LogP) is 3.93. The Morgan fingerprint density at radius 1 is 0.969 bits per heavy atom. The van der Waals surface area contributed by atoms with Crippen LogP contribution in [0, 0.1) is 10.1 Å². The average Bonchev–Trinajstić information content (AvgIpc) is 2.80. The van der Waals surface area contributed by atoms with Gasteiger partial charge < -0.3 is 19.5 Å². The number of hydrogen-bond acceptors (Lipinski definition) is 6. The molecule has 3 rings (SSSR count). The Morgan fingerprint density at radius 3 is 2.22 bits per heavy atom. The number of ether oxygens (including phenoxy) is 3. The second kappa shape index (κ2) is 10.5. The van der Waals surface area contributed by atoms with Crippen LogP contribution in [0.2, 0.25) is 0 Å². The number of carbonyl (C=O) groups is 1. The maximum absolute atomic E-state index is 12.7. The highest BCUT2D eigenvalue weighted by atomic mass is 16.6. The summed E-state index contributed by atoms with van der Waals surface area (Å²) in [6.45, 7) is -0.103. The van der Waals surface area contributed by atoms with Gasteiger partial charge in [-0.05, 0) is 34.0 Å². The summed E-state index contributed by atoms with van der Waals surface area (Å²) in [7, 11) is 4.56. The van der Waals surface area contributed by atoms with Crippen molar-refractivity contribution in [2.45, 2.75) is 18.9 Å². The molecule has 0 spiro atoms. The molecule has 0 unspecified atom stereocenters. The minimum absolute atomic E-state index is 0.00372. The molecule has 0 aromatic heterocycles. The van der Waals surface area contributed by atoms with Crippen LogP contribution in [0.1, 0.15) is 23.5 Å². The molecular weight excluding hydrogens is 412 g/mol. The smallest absolute Gasteiger partial charge is 0.221 e. The number of hydrogen-bond donors (Lipinski definition) is 1. The van der Waals surface area contributed by atoms with E-state index in [1.165, 1.54) is 21.3 Å². The van der Waals surface area contributed by atoms with Gasteiger partial charge in [-0.2, -0.15) is 0 Å². The summed E-state index contributed by atoms with van der Waals surface area (Å²) < 4.78 is 16.0. The van der Waals surface area contributed by atoms with E-state index in [-0.39, 0.29) is 30.3 Å². The van der Waals surface area contributed by atoms with Crippen molar-refractivity contribution in [3.63, 3.8) is 0 Å². The topological polar surface area (TPSA) is 99.9 Å². The van der Waals surface area contributed by atoms with Gasteiger partial charge in [0.25, 0.3) is 0 Å². The lowest BCUT2D eigenvalue weighted by Gasteiger charge is -2.16. The van der Waals surface area contributed by atoms with Crippen LogP contribution >= 0.6 is 0 Å². The summed E-state index contributed by atoms with van der Waals surface area (Å²) in [6.07, 6.45) is 0.00372. The van der Waals surface area contributed by atoms with Gasteiger partial charge in [0.05, 0.1) is 27.2 Å². The Labute approximate surface area is 186 Å². The van der Waals surface area contributed by atoms with Crippen LogP contribution in [0.25, 0.3) is 10.8 Å². The molecular formula is C24H26N2O6. The molecule has 168 valence electrons. The van der Waals surface area contributed by atoms with Crippen molar-refractivity contribution in [1.82, 2.24) is 5.32 Å². The van der Waals surface area contributed by atoms with Crippen LogP contribution in [0.15, 0.2) is 54.6 Å². The molecule has 32 heavy (non-hydrogen) atoms. The van der Waals surface area contributed by atoms with Crippen LogP contribution in [0.4, 0.5) is 0 Å². The van der Waals surface area contributed by atoms with Crippen molar-refractivity contribution in [2.75, 3.05) is 27.9 Å². The molecule has 3 aromatic carbocycles. The van der Waals surface area contributed by atoms with Gasteiger partial charge in [-0.15, -0.1) is 0 Å². The molecule has 0 saturated carbocycles. The Bertz CT molecular complexity index is 1090. The zero-order valence-corrected chi connectivity index (χ0v) is 18.3. The first-order valence-electron chi connectivity index (χ1n) is 10.1. The number of amides is 1. The molecule has 0 radical (unpaired) electrons. The molecule has 0 heterocycles. The van der Waals surface area contributed by atoms with Crippen molar-refractivity contribution in [3.8, 4) is 17.2 Å². The number of rotatable bonds is 10. The van der Waals surface area contributed by atoms with Gasteiger partial charge in [0.1, 0.15) is 0 Å². The summed E-state index contributed by atoms with van der Waals surface area (Å²) in [5, 5.41) is 16.1. The summed E-state index contributed by atoms with van der Waals surface area (Å²) in [6, 6.07) is 17.0. The molecule has 0 aliphatic rings. The van der Waals surface area contributed by atoms with E-state index in [2.05, 4.69) is 5.32 Å². The minimum atomic E-state index is -0.533. The highest BCUT2D eigenvalue weighted by Crippen LogP contribution is 2.38. The SMILES string of the molecule is COc1cc(CNC(=O)C[C@@H](C[N+](=O)[O-])c2ccc3ccccc3c2)cc(OC)c1OC. The second-order valence-corrected chi connectivity index (χ2v) is 7.33. The maximum atomic E-state index is 12.7. The van der Waals surface area contributed by atoms with Crippen LogP contribution in [0.3, 0.4) is 0 Å². The third-order valence-corrected chi connectivity index (χ3v) is 5.26. The van der Waals surface area contributed by atoms with Crippen molar-refractivity contribution < 1.29 is 23.9 Å². The fourth-order valence-corrected chi connectivity index (χ4v) is 3.66. The van der Waals surface area contributed by atoms with E-state index in [1.807, 2.05) is 42.5 Å². The van der Waals surface area contributed by atoms with Crippen molar-refractivity contribution >= 4 is 16.7 Å². The van der Waals surface area contributed by atoms with Gasteiger partial charge >= 0.3 is 0 Å². The fourth-order valence-electron chi connectivity index (χ4n) is 3.66. The third kappa shape index (κ3) is 5.46. The van der Waals surface area contributed by atoms with E-state index in [4.69, 9.17) is 14.2 Å². The van der Waals surface area contributed by atoms with Crippen LogP contribution in [-0.4, -0.2) is 38.7 Å². The van der Waals surface area contributed by atoms with E-state index in [9.17, 15) is 14.9 Å². The molecule has 8 heteroatoms. The first-order valence-corrected chi connectivity index (χ1v) is 10.1. The van der Waals surface area contributed by atoms with Gasteiger partial charge in [0.15, 0.2) is 11.5 Å². The molecule has 0 fully saturated rings. The highest BCUT2D eigenvalue weighted by Gasteiger charge is 2.22. The standard InChI is InChI=1S/C24H26N2O6/c1-30-21-10-16(11-22(31-2)24(21)32-3)14-25-23(27)13-20(15-26(28)29)19-9-8-17-6-4-5-7-18(17)12-19/h4-12,20H,13-15H2,1-3H3,(H,25,27)/t20-/m0/s1. The first-order chi connectivity index (χ1) is 15.4. The van der Waals surface area contributed by atoms with Gasteiger partial charge in [0.2, 0.25) is 18.2 Å². The molecule has 8 nitrogen and oxygen atoms in total. The van der Waals surface area contributed by atoms with Gasteiger partial charge in [0, 0.05) is 17.9 Å². The number of carbonyl (C=O) groups excluding carboxylic acids is 1. The summed E-state index contributed by atoms with van der Waals surface area (Å²) >= 11 is 0. The van der Waals surface area contributed by atoms with Crippen LogP contribution < -0.4 is 19.5 Å². The number of nitrogens with zero attached hydrogens (tertiary/aromatic N) is 1. The largest absolute Gasteiger partial charge is 0.493 e. The zero-order valence-electron chi connectivity index (χ0n) is 18.3. The molecule has 0 bridgehead atoms. The van der Waals surface area contributed by atoms with Crippen LogP contribution in [-0.2, 0) is 11.3 Å². The minimum Gasteiger partial charge on any atom is -0.493 e. The second-order valence-electron chi connectivity index (χ2n) is 7.33. The van der Waals surface area contributed by atoms with Crippen molar-refractivity contribution in [3.05, 3.63) is 75.8 Å². The Hall–Kier alpha value is -3.81. The van der Waals surface area contributed by atoms with E-state index in [0.29, 0.717) is 17.2 Å². The van der Waals surface area contributed by atoms with Gasteiger partial charge in [-0.25, -0.2) is 0 Å². The Morgan fingerprint density at radius 2 is 1.62 bits per heavy atom. The highest BCUT2D eigenvalue weighted by molar-refractivity contribution is 5.83. The Kier molecular flexibility index (Phi) is 7.49. The number of benzene rings is 3. The normalized spacial score (nSPS) is 11.6. The molecule has 1 atom stereocenters. The summed E-state index contributed by atoms with van der Waals surface area (Å²) in [5.41, 5.74) is 1.52. The molecule has 0 aliphatic heterocycles. The van der Waals surface area contributed by atoms with E-state index in [0.717, 1.165) is 21.9 Å². The first kappa shape index (κ1) is 22.9. The number of nitro groups is 1. The summed E-state index contributed by atoms with van der Waals surface area (Å²) in [5.74, 6) is 0.623. The molecule has 3 aromatic rings. The lowest BCUT2D eigenvalue weighted by molar-refractivity contribution is -0.483. The van der Waals surface area contributed by atoms with E-state index < -0.39 is 5.92 Å². The quantitative estimate of drug-likeness (QED) is 0.380. The monoisotopic (exact) mass is 438 g/mol.